The summed E-state index contributed by atoms with van der Waals surface area (Å²) in [6.07, 6.45) is 0. The van der Waals surface area contributed by atoms with Crippen molar-refractivity contribution < 1.29 is 4.42 Å². The molecular weight excluding hydrogens is 308 g/mol. The first-order valence-electron chi connectivity index (χ1n) is 6.02. The van der Waals surface area contributed by atoms with E-state index in [0.717, 1.165) is 10.2 Å². The molecule has 102 valence electrons. The van der Waals surface area contributed by atoms with Crippen molar-refractivity contribution in [2.45, 2.75) is 32.9 Å². The molecule has 0 amide bonds. The van der Waals surface area contributed by atoms with Crippen molar-refractivity contribution >= 4 is 27.6 Å². The number of nitrogens with zero attached hydrogens (tertiary/aromatic N) is 2. The molecule has 1 heterocycles. The number of rotatable bonds is 4. The summed E-state index contributed by atoms with van der Waals surface area (Å²) >= 11 is 3.39. The van der Waals surface area contributed by atoms with Crippen LogP contribution in [0.15, 0.2) is 33.2 Å². The smallest absolute Gasteiger partial charge is 0.320 e. The lowest BCUT2D eigenvalue weighted by Crippen LogP contribution is -2.35. The summed E-state index contributed by atoms with van der Waals surface area (Å²) in [7, 11) is 0. The number of aromatic nitrogens is 2. The van der Waals surface area contributed by atoms with Crippen molar-refractivity contribution in [3.8, 4) is 0 Å². The van der Waals surface area contributed by atoms with Crippen LogP contribution in [0.25, 0.3) is 0 Å². The van der Waals surface area contributed by atoms with Gasteiger partial charge in [-0.2, -0.15) is 0 Å². The number of benzene rings is 1. The second kappa shape index (κ2) is 5.71. The van der Waals surface area contributed by atoms with Gasteiger partial charge >= 0.3 is 6.01 Å². The molecule has 0 spiro atoms. The Morgan fingerprint density at radius 2 is 1.84 bits per heavy atom. The third kappa shape index (κ3) is 4.65. The molecule has 0 saturated heterocycles. The molecule has 0 unspecified atom stereocenters. The zero-order valence-corrected chi connectivity index (χ0v) is 12.8. The molecule has 2 N–H and O–H groups in total. The molecule has 2 aromatic rings. The summed E-state index contributed by atoms with van der Waals surface area (Å²) in [5.74, 6) is 0.564. The summed E-state index contributed by atoms with van der Waals surface area (Å²) in [4.78, 5) is 0. The van der Waals surface area contributed by atoms with Gasteiger partial charge in [0, 0.05) is 15.7 Å². The Kier molecular flexibility index (Phi) is 4.21. The monoisotopic (exact) mass is 324 g/mol. The van der Waals surface area contributed by atoms with E-state index >= 15 is 0 Å². The highest BCUT2D eigenvalue weighted by atomic mass is 79.9. The zero-order valence-electron chi connectivity index (χ0n) is 11.2. The Morgan fingerprint density at radius 1 is 1.16 bits per heavy atom. The van der Waals surface area contributed by atoms with Gasteiger partial charge in [0.25, 0.3) is 0 Å². The number of hydrogen-bond donors (Lipinski definition) is 2. The molecule has 0 radical (unpaired) electrons. The van der Waals surface area contributed by atoms with Crippen LogP contribution in [-0.4, -0.2) is 15.7 Å². The van der Waals surface area contributed by atoms with Crippen molar-refractivity contribution in [1.29, 1.82) is 0 Å². The van der Waals surface area contributed by atoms with E-state index in [1.807, 2.05) is 24.3 Å². The van der Waals surface area contributed by atoms with Gasteiger partial charge in [-0.05, 0) is 45.0 Å². The van der Waals surface area contributed by atoms with Crippen LogP contribution in [0.4, 0.5) is 11.7 Å². The molecule has 0 atom stereocenters. The normalized spacial score (nSPS) is 11.6. The molecule has 0 fully saturated rings. The standard InChI is InChI=1S/C13H17BrN4O/c1-13(2,3)15-8-11-17-18-12(19-11)16-10-6-4-9(14)5-7-10/h4-7,15H,8H2,1-3H3,(H,16,18). The van der Waals surface area contributed by atoms with Gasteiger partial charge in [0.2, 0.25) is 5.89 Å². The maximum Gasteiger partial charge on any atom is 0.320 e. The van der Waals surface area contributed by atoms with E-state index in [1.165, 1.54) is 0 Å². The minimum atomic E-state index is 0.0216. The van der Waals surface area contributed by atoms with Gasteiger partial charge in [-0.15, -0.1) is 5.10 Å². The summed E-state index contributed by atoms with van der Waals surface area (Å²) < 4.78 is 6.53. The van der Waals surface area contributed by atoms with Crippen LogP contribution in [-0.2, 0) is 6.54 Å². The molecule has 0 aliphatic rings. The van der Waals surface area contributed by atoms with E-state index in [1.54, 1.807) is 0 Å². The Balaban J connectivity index is 1.95. The number of hydrogen-bond acceptors (Lipinski definition) is 5. The zero-order chi connectivity index (χ0) is 13.9. The SMILES string of the molecule is CC(C)(C)NCc1nnc(Nc2ccc(Br)cc2)o1. The largest absolute Gasteiger partial charge is 0.406 e. The van der Waals surface area contributed by atoms with Crippen molar-refractivity contribution in [3.63, 3.8) is 0 Å². The molecular formula is C13H17BrN4O. The molecule has 5 nitrogen and oxygen atoms in total. The lowest BCUT2D eigenvalue weighted by Gasteiger charge is -2.18. The number of nitrogens with one attached hydrogen (secondary N) is 2. The highest BCUT2D eigenvalue weighted by Crippen LogP contribution is 2.18. The fourth-order valence-corrected chi connectivity index (χ4v) is 1.64. The lowest BCUT2D eigenvalue weighted by molar-refractivity contribution is 0.384. The average molecular weight is 325 g/mol. The maximum absolute atomic E-state index is 5.51. The van der Waals surface area contributed by atoms with Gasteiger partial charge in [0.05, 0.1) is 6.54 Å². The van der Waals surface area contributed by atoms with Crippen LogP contribution in [0.5, 0.6) is 0 Å². The van der Waals surface area contributed by atoms with Crippen LogP contribution in [0.3, 0.4) is 0 Å². The van der Waals surface area contributed by atoms with E-state index in [2.05, 4.69) is 57.5 Å². The van der Waals surface area contributed by atoms with Crippen molar-refractivity contribution in [3.05, 3.63) is 34.6 Å². The van der Waals surface area contributed by atoms with Crippen molar-refractivity contribution in [1.82, 2.24) is 15.5 Å². The summed E-state index contributed by atoms with van der Waals surface area (Å²) in [6, 6.07) is 8.15. The minimum absolute atomic E-state index is 0.0216. The first-order valence-corrected chi connectivity index (χ1v) is 6.82. The molecule has 2 rings (SSSR count). The molecule has 19 heavy (non-hydrogen) atoms. The summed E-state index contributed by atoms with van der Waals surface area (Å²) in [5, 5.41) is 14.3. The third-order valence-electron chi connectivity index (χ3n) is 2.33. The van der Waals surface area contributed by atoms with Gasteiger partial charge in [-0.3, -0.25) is 0 Å². The average Bonchev–Trinajstić information content (AvgIpc) is 2.77. The van der Waals surface area contributed by atoms with E-state index in [-0.39, 0.29) is 5.54 Å². The van der Waals surface area contributed by atoms with Crippen LogP contribution in [0, 0.1) is 0 Å². The molecule has 0 aliphatic heterocycles. The Labute approximate surface area is 120 Å². The quantitative estimate of drug-likeness (QED) is 0.901. The topological polar surface area (TPSA) is 63.0 Å². The lowest BCUT2D eigenvalue weighted by atomic mass is 10.1. The highest BCUT2D eigenvalue weighted by molar-refractivity contribution is 9.10. The van der Waals surface area contributed by atoms with Gasteiger partial charge in [0.15, 0.2) is 0 Å². The fraction of sp³-hybridized carbons (Fsp3) is 0.385. The van der Waals surface area contributed by atoms with Crippen LogP contribution in [0.1, 0.15) is 26.7 Å². The summed E-state index contributed by atoms with van der Waals surface area (Å²) in [5.41, 5.74) is 0.926. The molecule has 0 bridgehead atoms. The van der Waals surface area contributed by atoms with Gasteiger partial charge in [-0.25, -0.2) is 0 Å². The number of halogens is 1. The predicted molar refractivity (Wildman–Crippen MR) is 78.3 cm³/mol. The molecule has 1 aromatic carbocycles. The maximum atomic E-state index is 5.51. The Bertz CT molecular complexity index is 530. The first-order chi connectivity index (χ1) is 8.92. The first kappa shape index (κ1) is 14.0. The Morgan fingerprint density at radius 3 is 2.47 bits per heavy atom. The Hall–Kier alpha value is -1.40. The molecule has 6 heteroatoms. The minimum Gasteiger partial charge on any atom is -0.406 e. The highest BCUT2D eigenvalue weighted by Gasteiger charge is 2.12. The third-order valence-corrected chi connectivity index (χ3v) is 2.86. The fourth-order valence-electron chi connectivity index (χ4n) is 1.37. The molecule has 0 saturated carbocycles. The van der Waals surface area contributed by atoms with Gasteiger partial charge in [-0.1, -0.05) is 21.0 Å². The molecule has 0 aliphatic carbocycles. The van der Waals surface area contributed by atoms with Crippen LogP contribution >= 0.6 is 15.9 Å². The van der Waals surface area contributed by atoms with Crippen LogP contribution in [0.2, 0.25) is 0 Å². The van der Waals surface area contributed by atoms with E-state index in [4.69, 9.17) is 4.42 Å². The van der Waals surface area contributed by atoms with E-state index < -0.39 is 0 Å². The van der Waals surface area contributed by atoms with Crippen molar-refractivity contribution in [2.75, 3.05) is 5.32 Å². The second-order valence-corrected chi connectivity index (χ2v) is 6.15. The van der Waals surface area contributed by atoms with E-state index in [0.29, 0.717) is 18.5 Å². The van der Waals surface area contributed by atoms with E-state index in [9.17, 15) is 0 Å². The summed E-state index contributed by atoms with van der Waals surface area (Å²) in [6.45, 7) is 6.82. The second-order valence-electron chi connectivity index (χ2n) is 5.24. The predicted octanol–water partition coefficient (Wildman–Crippen LogP) is 3.46. The molecule has 1 aromatic heterocycles. The van der Waals surface area contributed by atoms with Crippen LogP contribution < -0.4 is 10.6 Å². The van der Waals surface area contributed by atoms with Gasteiger partial charge in [0.1, 0.15) is 0 Å². The number of anilines is 2. The van der Waals surface area contributed by atoms with Crippen molar-refractivity contribution in [2.24, 2.45) is 0 Å². The van der Waals surface area contributed by atoms with Gasteiger partial charge < -0.3 is 15.1 Å².